The Kier molecular flexibility index (Phi) is 7.66. The van der Waals surface area contributed by atoms with Crippen LogP contribution in [0.4, 0.5) is 9.52 Å². The van der Waals surface area contributed by atoms with Crippen molar-refractivity contribution in [2.24, 2.45) is 0 Å². The number of halogens is 1. The Morgan fingerprint density at radius 3 is 2.50 bits per heavy atom. The van der Waals surface area contributed by atoms with E-state index in [2.05, 4.69) is 15.2 Å². The van der Waals surface area contributed by atoms with Crippen LogP contribution in [0.3, 0.4) is 0 Å². The third-order valence-corrected chi connectivity index (χ3v) is 9.82. The van der Waals surface area contributed by atoms with Gasteiger partial charge in [0.2, 0.25) is 10.9 Å². The molecule has 0 aliphatic carbocycles. The summed E-state index contributed by atoms with van der Waals surface area (Å²) in [5.41, 5.74) is 1.70. The zero-order valence-electron chi connectivity index (χ0n) is 20.5. The molecule has 12 heteroatoms. The number of aliphatic hydroxyl groups excluding tert-OH is 1. The number of carbonyl (C=O) groups is 2. The summed E-state index contributed by atoms with van der Waals surface area (Å²) in [6.07, 6.45) is 1.96. The highest BCUT2D eigenvalue weighted by Crippen LogP contribution is 2.44. The van der Waals surface area contributed by atoms with Gasteiger partial charge in [0.15, 0.2) is 10.1 Å². The summed E-state index contributed by atoms with van der Waals surface area (Å²) in [6, 6.07) is 13.1. The van der Waals surface area contributed by atoms with Crippen molar-refractivity contribution in [1.82, 2.24) is 15.2 Å². The highest BCUT2D eigenvalue weighted by Gasteiger charge is 2.46. The van der Waals surface area contributed by atoms with Crippen molar-refractivity contribution in [2.75, 3.05) is 11.2 Å². The highest BCUT2D eigenvalue weighted by atomic mass is 32.2. The quantitative estimate of drug-likeness (QED) is 0.142. The van der Waals surface area contributed by atoms with Gasteiger partial charge in [-0.05, 0) is 49.4 Å². The van der Waals surface area contributed by atoms with E-state index in [1.807, 2.05) is 30.5 Å². The number of amides is 1. The smallest absolute Gasteiger partial charge is 0.296 e. The third kappa shape index (κ3) is 5.00. The van der Waals surface area contributed by atoms with Gasteiger partial charge in [-0.1, -0.05) is 53.4 Å². The number of thioether (sulfide) groups is 2. The van der Waals surface area contributed by atoms with E-state index in [9.17, 15) is 19.1 Å². The second-order valence-corrected chi connectivity index (χ2v) is 12.6. The molecule has 3 heterocycles. The zero-order valence-corrected chi connectivity index (χ0v) is 23.7. The first kappa shape index (κ1) is 26.5. The van der Waals surface area contributed by atoms with Crippen LogP contribution in [0.15, 0.2) is 69.1 Å². The molecule has 194 valence electrons. The Bertz CT molecular complexity index is 1560. The lowest BCUT2D eigenvalue weighted by Gasteiger charge is -2.24. The lowest BCUT2D eigenvalue weighted by molar-refractivity contribution is -0.117. The molecular weight excluding hydrogens is 564 g/mol. The molecule has 1 atom stereocenters. The van der Waals surface area contributed by atoms with Gasteiger partial charge in [0.05, 0.1) is 27.2 Å². The number of benzene rings is 2. The van der Waals surface area contributed by atoms with Gasteiger partial charge in [0.25, 0.3) is 5.91 Å². The van der Waals surface area contributed by atoms with Crippen LogP contribution in [0.2, 0.25) is 0 Å². The minimum absolute atomic E-state index is 0.0191. The van der Waals surface area contributed by atoms with Crippen molar-refractivity contribution in [1.29, 1.82) is 0 Å². The van der Waals surface area contributed by atoms with E-state index in [1.165, 1.54) is 34.1 Å². The molecule has 2 aromatic heterocycles. The average molecular weight is 585 g/mol. The van der Waals surface area contributed by atoms with Crippen molar-refractivity contribution < 1.29 is 19.1 Å². The fourth-order valence-corrected chi connectivity index (χ4v) is 7.25. The van der Waals surface area contributed by atoms with Gasteiger partial charge in [-0.3, -0.25) is 14.5 Å². The van der Waals surface area contributed by atoms with Crippen molar-refractivity contribution in [3.63, 3.8) is 0 Å². The van der Waals surface area contributed by atoms with Gasteiger partial charge in [0.1, 0.15) is 5.82 Å². The predicted molar refractivity (Wildman–Crippen MR) is 150 cm³/mol. The number of ketones is 1. The SMILES string of the molecule is CSc1ccc(C2C(C(=O)c3sc(C)nc3C)=C(O)C(=O)N2c2nnc(SCc3ccccc3F)s2)cc1. The number of Topliss-reactive ketones (excluding diaryl/α,β-unsaturated/α-hetero) is 1. The summed E-state index contributed by atoms with van der Waals surface area (Å²) in [6.45, 7) is 3.53. The maximum atomic E-state index is 14.0. The number of hydrogen-bond acceptors (Lipinski definition) is 10. The number of rotatable bonds is 8. The second kappa shape index (κ2) is 11.0. The Labute approximate surface area is 234 Å². The first-order valence-electron chi connectivity index (χ1n) is 11.4. The van der Waals surface area contributed by atoms with E-state index in [0.717, 1.165) is 16.2 Å². The molecule has 0 bridgehead atoms. The van der Waals surface area contributed by atoms with Crippen LogP contribution in [-0.4, -0.2) is 38.2 Å². The van der Waals surface area contributed by atoms with Crippen LogP contribution in [0.5, 0.6) is 0 Å². The number of carbonyl (C=O) groups excluding carboxylic acids is 2. The van der Waals surface area contributed by atoms with Crippen LogP contribution in [0, 0.1) is 19.7 Å². The number of aryl methyl sites for hydroxylation is 2. The molecule has 1 unspecified atom stereocenters. The number of anilines is 1. The summed E-state index contributed by atoms with van der Waals surface area (Å²) < 4.78 is 14.6. The average Bonchev–Trinajstić information content (AvgIpc) is 3.59. The molecule has 0 radical (unpaired) electrons. The molecule has 5 rings (SSSR count). The Hall–Kier alpha value is -3.06. The van der Waals surface area contributed by atoms with Crippen molar-refractivity contribution >= 4 is 63.0 Å². The van der Waals surface area contributed by atoms with Crippen LogP contribution in [-0.2, 0) is 10.5 Å². The van der Waals surface area contributed by atoms with Crippen molar-refractivity contribution in [2.45, 2.75) is 34.9 Å². The van der Waals surface area contributed by atoms with Crippen LogP contribution in [0.25, 0.3) is 0 Å². The molecule has 1 N–H and O–H groups in total. The molecule has 7 nitrogen and oxygen atoms in total. The number of aliphatic hydroxyl groups is 1. The number of aromatic nitrogens is 3. The molecule has 0 fully saturated rings. The summed E-state index contributed by atoms with van der Waals surface area (Å²) in [5, 5.41) is 20.3. The molecular formula is C26H21FN4O3S4. The molecule has 38 heavy (non-hydrogen) atoms. The third-order valence-electron chi connectivity index (χ3n) is 5.90. The summed E-state index contributed by atoms with van der Waals surface area (Å²) in [5.74, 6) is -1.76. The molecule has 1 aliphatic heterocycles. The lowest BCUT2D eigenvalue weighted by atomic mass is 9.95. The maximum absolute atomic E-state index is 14.0. The fourth-order valence-electron chi connectivity index (χ4n) is 4.11. The summed E-state index contributed by atoms with van der Waals surface area (Å²) in [7, 11) is 0. The molecule has 0 saturated heterocycles. The van der Waals surface area contributed by atoms with Gasteiger partial charge >= 0.3 is 0 Å². The van der Waals surface area contributed by atoms with E-state index in [0.29, 0.717) is 36.8 Å². The van der Waals surface area contributed by atoms with E-state index in [-0.39, 0.29) is 16.5 Å². The number of nitrogens with zero attached hydrogens (tertiary/aromatic N) is 4. The topological polar surface area (TPSA) is 96.3 Å². The minimum atomic E-state index is -0.898. The van der Waals surface area contributed by atoms with Gasteiger partial charge in [-0.15, -0.1) is 33.3 Å². The van der Waals surface area contributed by atoms with Gasteiger partial charge in [-0.2, -0.15) is 0 Å². The van der Waals surface area contributed by atoms with Crippen LogP contribution >= 0.6 is 46.2 Å². The van der Waals surface area contributed by atoms with E-state index < -0.39 is 23.5 Å². The van der Waals surface area contributed by atoms with Crippen molar-refractivity contribution in [3.05, 3.63) is 92.4 Å². The van der Waals surface area contributed by atoms with E-state index in [1.54, 1.807) is 43.8 Å². The normalized spacial score (nSPS) is 15.5. The lowest BCUT2D eigenvalue weighted by Crippen LogP contribution is -2.31. The monoisotopic (exact) mass is 584 g/mol. The zero-order chi connectivity index (χ0) is 27.0. The van der Waals surface area contributed by atoms with Gasteiger partial charge < -0.3 is 5.11 Å². The standard InChI is InChI=1S/C26H21FN4O3S4/c1-13-23(37-14(2)28-13)21(32)19-20(15-8-10-17(35-3)11-9-15)31(24(34)22(19)33)25-29-30-26(38-25)36-12-16-6-4-5-7-18(16)27/h4-11,20,33H,12H2,1-3H3. The molecule has 0 saturated carbocycles. The summed E-state index contributed by atoms with van der Waals surface area (Å²) in [4.78, 5) is 34.2. The van der Waals surface area contributed by atoms with Crippen LogP contribution < -0.4 is 4.90 Å². The Morgan fingerprint density at radius 1 is 1.11 bits per heavy atom. The number of thiazole rings is 1. The first-order chi connectivity index (χ1) is 18.3. The fraction of sp³-hybridized carbons (Fsp3) is 0.192. The van der Waals surface area contributed by atoms with Crippen molar-refractivity contribution in [3.8, 4) is 0 Å². The summed E-state index contributed by atoms with van der Waals surface area (Å²) >= 11 is 5.23. The highest BCUT2D eigenvalue weighted by molar-refractivity contribution is 8.00. The van der Waals surface area contributed by atoms with E-state index in [4.69, 9.17) is 0 Å². The maximum Gasteiger partial charge on any atom is 0.296 e. The largest absolute Gasteiger partial charge is 0.503 e. The molecule has 1 amide bonds. The first-order valence-corrected chi connectivity index (χ1v) is 15.2. The Balaban J connectivity index is 1.52. The van der Waals surface area contributed by atoms with Crippen LogP contribution in [0.1, 0.15) is 37.5 Å². The molecule has 0 spiro atoms. The Morgan fingerprint density at radius 2 is 1.84 bits per heavy atom. The predicted octanol–water partition coefficient (Wildman–Crippen LogP) is 6.55. The van der Waals surface area contributed by atoms with Gasteiger partial charge in [-0.25, -0.2) is 9.37 Å². The second-order valence-electron chi connectivity index (χ2n) is 8.32. The minimum Gasteiger partial charge on any atom is -0.503 e. The van der Waals surface area contributed by atoms with E-state index >= 15 is 0 Å². The number of hydrogen-bond donors (Lipinski definition) is 1. The molecule has 4 aromatic rings. The molecule has 2 aromatic carbocycles. The molecule has 1 aliphatic rings. The van der Waals surface area contributed by atoms with Gasteiger partial charge in [0, 0.05) is 10.6 Å².